The second-order valence-corrected chi connectivity index (χ2v) is 8.54. The van der Waals surface area contributed by atoms with Crippen molar-refractivity contribution in [1.82, 2.24) is 19.9 Å². The van der Waals surface area contributed by atoms with Crippen molar-refractivity contribution in [2.45, 2.75) is 26.2 Å². The van der Waals surface area contributed by atoms with Crippen LogP contribution in [-0.2, 0) is 6.42 Å². The van der Waals surface area contributed by atoms with E-state index in [1.807, 2.05) is 42.3 Å². The van der Waals surface area contributed by atoms with Crippen LogP contribution < -0.4 is 4.74 Å². The van der Waals surface area contributed by atoms with E-state index in [0.29, 0.717) is 23.1 Å². The number of aromatic nitrogens is 3. The fourth-order valence-electron chi connectivity index (χ4n) is 4.50. The first kappa shape index (κ1) is 21.1. The number of hydrogen-bond acceptors (Lipinski definition) is 5. The molecule has 4 heterocycles. The average Bonchev–Trinajstić information content (AvgIpc) is 2.86. The van der Waals surface area contributed by atoms with Crippen LogP contribution in [0.1, 0.15) is 34.5 Å². The predicted octanol–water partition coefficient (Wildman–Crippen LogP) is 5.22. The van der Waals surface area contributed by atoms with Gasteiger partial charge in [-0.2, -0.15) is 0 Å². The number of pyridine rings is 3. The van der Waals surface area contributed by atoms with Crippen LogP contribution >= 0.6 is 0 Å². The topological polar surface area (TPSA) is 68.2 Å². The lowest BCUT2D eigenvalue weighted by atomic mass is 9.89. The Morgan fingerprint density at radius 3 is 2.79 bits per heavy atom. The number of nitrogens with zero attached hydrogens (tertiary/aromatic N) is 4. The van der Waals surface area contributed by atoms with Gasteiger partial charge in [0.15, 0.2) is 0 Å². The Labute approximate surface area is 193 Å². The SMILES string of the molecule is Cc1ccc(Oc2ncccc2C(=O)N2CCC[C@H](Cc3cccc4ncccc34)C2)cn1. The van der Waals surface area contributed by atoms with Crippen LogP contribution in [0, 0.1) is 12.8 Å². The van der Waals surface area contributed by atoms with Gasteiger partial charge in [0.05, 0.1) is 11.7 Å². The molecule has 5 rings (SSSR count). The molecule has 6 heteroatoms. The first-order valence-electron chi connectivity index (χ1n) is 11.3. The first-order valence-corrected chi connectivity index (χ1v) is 11.3. The summed E-state index contributed by atoms with van der Waals surface area (Å²) in [6.07, 6.45) is 8.13. The van der Waals surface area contributed by atoms with Crippen LogP contribution in [-0.4, -0.2) is 38.8 Å². The number of likely N-dealkylation sites (tertiary alicyclic amines) is 1. The van der Waals surface area contributed by atoms with Crippen molar-refractivity contribution in [3.63, 3.8) is 0 Å². The molecule has 166 valence electrons. The van der Waals surface area contributed by atoms with Gasteiger partial charge < -0.3 is 9.64 Å². The average molecular weight is 439 g/mol. The summed E-state index contributed by atoms with van der Waals surface area (Å²) in [6, 6.07) is 17.7. The van der Waals surface area contributed by atoms with Crippen molar-refractivity contribution in [2.24, 2.45) is 5.92 Å². The van der Waals surface area contributed by atoms with Gasteiger partial charge in [0.1, 0.15) is 11.3 Å². The van der Waals surface area contributed by atoms with Crippen LogP contribution in [0.5, 0.6) is 11.6 Å². The van der Waals surface area contributed by atoms with E-state index < -0.39 is 0 Å². The van der Waals surface area contributed by atoms with Crippen molar-refractivity contribution in [1.29, 1.82) is 0 Å². The smallest absolute Gasteiger partial charge is 0.259 e. The fraction of sp³-hybridized carbons (Fsp3) is 0.259. The molecule has 1 amide bonds. The fourth-order valence-corrected chi connectivity index (χ4v) is 4.50. The second kappa shape index (κ2) is 9.36. The molecule has 0 spiro atoms. The number of carbonyl (C=O) groups excluding carboxylic acids is 1. The normalized spacial score (nSPS) is 16.0. The molecule has 1 aliphatic heterocycles. The summed E-state index contributed by atoms with van der Waals surface area (Å²) in [7, 11) is 0. The molecule has 1 saturated heterocycles. The highest BCUT2D eigenvalue weighted by atomic mass is 16.5. The van der Waals surface area contributed by atoms with Crippen LogP contribution in [0.25, 0.3) is 10.9 Å². The summed E-state index contributed by atoms with van der Waals surface area (Å²) in [5.41, 5.74) is 3.69. The first-order chi connectivity index (χ1) is 16.2. The lowest BCUT2D eigenvalue weighted by molar-refractivity contribution is 0.0670. The molecule has 1 aromatic carbocycles. The number of fused-ring (bicyclic) bond motifs is 1. The number of carbonyl (C=O) groups is 1. The second-order valence-electron chi connectivity index (χ2n) is 8.54. The maximum Gasteiger partial charge on any atom is 0.259 e. The molecule has 0 N–H and O–H groups in total. The van der Waals surface area contributed by atoms with Gasteiger partial charge in [-0.15, -0.1) is 0 Å². The van der Waals surface area contributed by atoms with Crippen molar-refractivity contribution < 1.29 is 9.53 Å². The number of piperidine rings is 1. The Hall–Kier alpha value is -3.80. The van der Waals surface area contributed by atoms with Crippen LogP contribution in [0.15, 0.2) is 73.2 Å². The van der Waals surface area contributed by atoms with Crippen LogP contribution in [0.3, 0.4) is 0 Å². The van der Waals surface area contributed by atoms with E-state index in [0.717, 1.165) is 43.6 Å². The Morgan fingerprint density at radius 1 is 1.03 bits per heavy atom. The molecule has 1 atom stereocenters. The summed E-state index contributed by atoms with van der Waals surface area (Å²) >= 11 is 0. The summed E-state index contributed by atoms with van der Waals surface area (Å²) < 4.78 is 5.92. The third kappa shape index (κ3) is 4.70. The van der Waals surface area contributed by atoms with E-state index in [9.17, 15) is 4.79 Å². The molecule has 3 aromatic heterocycles. The third-order valence-corrected chi connectivity index (χ3v) is 6.15. The number of rotatable bonds is 5. The lowest BCUT2D eigenvalue weighted by Crippen LogP contribution is -2.40. The molecular weight excluding hydrogens is 412 g/mol. The number of aryl methyl sites for hydroxylation is 1. The largest absolute Gasteiger partial charge is 0.437 e. The molecular formula is C27H26N4O2. The summed E-state index contributed by atoms with van der Waals surface area (Å²) in [4.78, 5) is 28.5. The molecule has 1 fully saturated rings. The molecule has 4 aromatic rings. The quantitative estimate of drug-likeness (QED) is 0.427. The molecule has 0 radical (unpaired) electrons. The van der Waals surface area contributed by atoms with Gasteiger partial charge in [-0.25, -0.2) is 4.98 Å². The third-order valence-electron chi connectivity index (χ3n) is 6.15. The van der Waals surface area contributed by atoms with Gasteiger partial charge >= 0.3 is 0 Å². The molecule has 0 aliphatic carbocycles. The van der Waals surface area contributed by atoms with E-state index in [2.05, 4.69) is 33.2 Å². The van der Waals surface area contributed by atoms with Crippen molar-refractivity contribution in [2.75, 3.05) is 13.1 Å². The lowest BCUT2D eigenvalue weighted by Gasteiger charge is -2.33. The Morgan fingerprint density at radius 2 is 1.91 bits per heavy atom. The standard InChI is InChI=1S/C27H26N4O2/c1-19-11-12-22(17-30-19)33-26-24(9-4-14-29-26)27(32)31-15-5-6-20(18-31)16-21-7-2-10-25-23(21)8-3-13-28-25/h2-4,7-14,17,20H,5-6,15-16,18H2,1H3/t20-/m1/s1. The summed E-state index contributed by atoms with van der Waals surface area (Å²) in [5.74, 6) is 1.24. The Balaban J connectivity index is 1.33. The van der Waals surface area contributed by atoms with E-state index in [1.54, 1.807) is 24.5 Å². The number of hydrogen-bond donors (Lipinski definition) is 0. The molecule has 6 nitrogen and oxygen atoms in total. The molecule has 0 saturated carbocycles. The predicted molar refractivity (Wildman–Crippen MR) is 127 cm³/mol. The van der Waals surface area contributed by atoms with Crippen LogP contribution in [0.4, 0.5) is 0 Å². The highest BCUT2D eigenvalue weighted by Gasteiger charge is 2.27. The van der Waals surface area contributed by atoms with E-state index in [1.165, 1.54) is 10.9 Å². The summed E-state index contributed by atoms with van der Waals surface area (Å²) in [5, 5.41) is 1.19. The van der Waals surface area contributed by atoms with Gasteiger partial charge in [0.2, 0.25) is 5.88 Å². The van der Waals surface area contributed by atoms with Crippen molar-refractivity contribution >= 4 is 16.8 Å². The molecule has 1 aliphatic rings. The minimum atomic E-state index is -0.0394. The molecule has 0 bridgehead atoms. The van der Waals surface area contributed by atoms with Gasteiger partial charge in [-0.05, 0) is 74.1 Å². The van der Waals surface area contributed by atoms with Gasteiger partial charge in [0, 0.05) is 36.6 Å². The van der Waals surface area contributed by atoms with Crippen molar-refractivity contribution in [3.8, 4) is 11.6 Å². The number of ether oxygens (including phenoxy) is 1. The maximum absolute atomic E-state index is 13.5. The van der Waals surface area contributed by atoms with Gasteiger partial charge in [0.25, 0.3) is 5.91 Å². The summed E-state index contributed by atoms with van der Waals surface area (Å²) in [6.45, 7) is 3.38. The van der Waals surface area contributed by atoms with E-state index in [4.69, 9.17) is 4.74 Å². The molecule has 33 heavy (non-hydrogen) atoms. The number of benzene rings is 1. The highest BCUT2D eigenvalue weighted by molar-refractivity contribution is 5.96. The van der Waals surface area contributed by atoms with Gasteiger partial charge in [-0.3, -0.25) is 14.8 Å². The Bertz CT molecular complexity index is 1270. The minimum absolute atomic E-state index is 0.0394. The minimum Gasteiger partial charge on any atom is -0.437 e. The maximum atomic E-state index is 13.5. The van der Waals surface area contributed by atoms with E-state index in [-0.39, 0.29) is 5.91 Å². The van der Waals surface area contributed by atoms with E-state index >= 15 is 0 Å². The monoisotopic (exact) mass is 438 g/mol. The zero-order chi connectivity index (χ0) is 22.6. The van der Waals surface area contributed by atoms with Gasteiger partial charge in [-0.1, -0.05) is 18.2 Å². The van der Waals surface area contributed by atoms with Crippen LogP contribution in [0.2, 0.25) is 0 Å². The highest BCUT2D eigenvalue weighted by Crippen LogP contribution is 2.28. The molecule has 0 unspecified atom stereocenters. The number of amides is 1. The van der Waals surface area contributed by atoms with Crippen molar-refractivity contribution in [3.05, 3.63) is 90.0 Å². The Kier molecular flexibility index (Phi) is 5.98. The zero-order valence-electron chi connectivity index (χ0n) is 18.6. The zero-order valence-corrected chi connectivity index (χ0v) is 18.6.